The lowest BCUT2D eigenvalue weighted by Gasteiger charge is -2.34. The Morgan fingerprint density at radius 1 is 1.24 bits per heavy atom. The zero-order chi connectivity index (χ0) is 24.5. The second-order valence-electron chi connectivity index (χ2n) is 9.51. The van der Waals surface area contributed by atoms with Gasteiger partial charge in [-0.15, -0.1) is 0 Å². The van der Waals surface area contributed by atoms with Crippen molar-refractivity contribution in [2.75, 3.05) is 41.0 Å². The van der Waals surface area contributed by atoms with Crippen molar-refractivity contribution in [3.05, 3.63) is 35.6 Å². The number of halogens is 1. The van der Waals surface area contributed by atoms with Crippen molar-refractivity contribution in [1.29, 1.82) is 0 Å². The van der Waals surface area contributed by atoms with Gasteiger partial charge in [-0.1, -0.05) is 12.1 Å². The lowest BCUT2D eigenvalue weighted by Crippen LogP contribution is -2.54. The Hall–Kier alpha value is -1.79. The summed E-state index contributed by atoms with van der Waals surface area (Å²) in [4.78, 5) is 14.2. The molecule has 0 bridgehead atoms. The van der Waals surface area contributed by atoms with E-state index in [-0.39, 0.29) is 30.5 Å². The quantitative estimate of drug-likeness (QED) is 0.617. The Morgan fingerprint density at radius 2 is 1.97 bits per heavy atom. The number of fused-ring (bicyclic) bond motifs is 1. The van der Waals surface area contributed by atoms with Gasteiger partial charge < -0.3 is 14.2 Å². The number of rotatable bonds is 7. The summed E-state index contributed by atoms with van der Waals surface area (Å²) in [5.74, 6) is -0.114. The molecule has 0 unspecified atom stereocenters. The maximum Gasteiger partial charge on any atom is 0.410 e. The van der Waals surface area contributed by atoms with Gasteiger partial charge in [-0.3, -0.25) is 4.90 Å². The second-order valence-corrected chi connectivity index (χ2v) is 11.4. The van der Waals surface area contributed by atoms with Crippen molar-refractivity contribution in [2.45, 2.75) is 55.8 Å². The van der Waals surface area contributed by atoms with Crippen LogP contribution in [0.3, 0.4) is 0 Å². The van der Waals surface area contributed by atoms with E-state index in [4.69, 9.17) is 14.2 Å². The molecular weight excluding hydrogens is 465 g/mol. The summed E-state index contributed by atoms with van der Waals surface area (Å²) in [5.41, 5.74) is 1.01. The Kier molecular flexibility index (Phi) is 7.78. The third-order valence-electron chi connectivity index (χ3n) is 7.33. The molecule has 34 heavy (non-hydrogen) atoms. The molecule has 3 fully saturated rings. The normalized spacial score (nSPS) is 31.6. The molecule has 1 aromatic carbocycles. The first-order valence-corrected chi connectivity index (χ1v) is 13.2. The van der Waals surface area contributed by atoms with Gasteiger partial charge in [0.05, 0.1) is 51.2 Å². The van der Waals surface area contributed by atoms with Crippen LogP contribution in [-0.4, -0.2) is 89.0 Å². The van der Waals surface area contributed by atoms with Gasteiger partial charge in [-0.25, -0.2) is 9.18 Å². The number of hydrogen-bond acceptors (Lipinski definition) is 6. The van der Waals surface area contributed by atoms with E-state index in [9.17, 15) is 17.6 Å². The first-order valence-electron chi connectivity index (χ1n) is 11.7. The molecule has 190 valence electrons. The molecule has 0 aromatic heterocycles. The number of ether oxygens (including phenoxy) is 3. The summed E-state index contributed by atoms with van der Waals surface area (Å²) in [6.45, 7) is 0.876. The topological polar surface area (TPSA) is 97.4 Å². The standard InChI is InChI=1S/C23H34FN3O6S/c1-26(2)34(29,30)25-22-19-12-32-13-20(19)27(23(28)31-3)21(22)14-33-18-9-7-15(8-10-18)16-5-4-6-17(24)11-16/h4-6,11,15,18-22,25H,7-10,12-14H2,1-3H3/t15-,18+,19-,20+,21-,22-/m0/s1. The SMILES string of the molecule is COC(=O)N1[C@@H]2COC[C@@H]2[C@H](NS(=O)(=O)N(C)C)[C@@H]1CO[C@H]1CC[C@@H](c2cccc(F)c2)CC1. The fourth-order valence-corrected chi connectivity index (χ4v) is 6.34. The molecule has 3 aliphatic rings. The molecule has 1 saturated carbocycles. The number of methoxy groups -OCH3 is 1. The Labute approximate surface area is 200 Å². The van der Waals surface area contributed by atoms with Crippen LogP contribution in [-0.2, 0) is 24.4 Å². The number of nitrogens with zero attached hydrogens (tertiary/aromatic N) is 2. The Morgan fingerprint density at radius 3 is 2.62 bits per heavy atom. The minimum absolute atomic E-state index is 0.00731. The highest BCUT2D eigenvalue weighted by Crippen LogP contribution is 2.38. The number of nitrogens with one attached hydrogen (secondary N) is 1. The van der Waals surface area contributed by atoms with Crippen molar-refractivity contribution < 1.29 is 31.8 Å². The van der Waals surface area contributed by atoms with Crippen LogP contribution in [0.4, 0.5) is 9.18 Å². The molecule has 11 heteroatoms. The van der Waals surface area contributed by atoms with Crippen LogP contribution in [0.2, 0.25) is 0 Å². The van der Waals surface area contributed by atoms with Gasteiger partial charge >= 0.3 is 6.09 Å². The number of likely N-dealkylation sites (tertiary alicyclic amines) is 1. The van der Waals surface area contributed by atoms with Gasteiger partial charge in [0.1, 0.15) is 5.82 Å². The van der Waals surface area contributed by atoms with Crippen LogP contribution >= 0.6 is 0 Å². The van der Waals surface area contributed by atoms with Crippen LogP contribution in [0.15, 0.2) is 24.3 Å². The second kappa shape index (κ2) is 10.4. The highest BCUT2D eigenvalue weighted by molar-refractivity contribution is 7.87. The summed E-state index contributed by atoms with van der Waals surface area (Å²) < 4.78 is 59.6. The summed E-state index contributed by atoms with van der Waals surface area (Å²) in [6, 6.07) is 5.41. The zero-order valence-electron chi connectivity index (χ0n) is 19.9. The molecule has 1 aliphatic carbocycles. The van der Waals surface area contributed by atoms with E-state index in [1.807, 2.05) is 6.07 Å². The molecule has 1 amide bonds. The number of hydrogen-bond donors (Lipinski definition) is 1. The molecule has 0 spiro atoms. The lowest BCUT2D eigenvalue weighted by atomic mass is 9.82. The van der Waals surface area contributed by atoms with Crippen molar-refractivity contribution in [3.63, 3.8) is 0 Å². The average Bonchev–Trinajstić information content (AvgIpc) is 3.39. The van der Waals surface area contributed by atoms with Gasteiger partial charge in [-0.05, 0) is 49.3 Å². The number of benzene rings is 1. The van der Waals surface area contributed by atoms with E-state index in [1.54, 1.807) is 17.0 Å². The predicted molar refractivity (Wildman–Crippen MR) is 123 cm³/mol. The van der Waals surface area contributed by atoms with E-state index in [1.165, 1.54) is 27.3 Å². The molecule has 9 nitrogen and oxygen atoms in total. The summed E-state index contributed by atoms with van der Waals surface area (Å²) in [5, 5.41) is 0. The van der Waals surface area contributed by atoms with Gasteiger partial charge in [0.25, 0.3) is 10.2 Å². The third kappa shape index (κ3) is 5.23. The van der Waals surface area contributed by atoms with E-state index in [0.29, 0.717) is 19.1 Å². The highest BCUT2D eigenvalue weighted by atomic mass is 32.2. The molecule has 1 N–H and O–H groups in total. The summed E-state index contributed by atoms with van der Waals surface area (Å²) >= 11 is 0. The van der Waals surface area contributed by atoms with E-state index >= 15 is 0 Å². The van der Waals surface area contributed by atoms with Crippen molar-refractivity contribution in [1.82, 2.24) is 13.9 Å². The average molecular weight is 500 g/mol. The molecule has 2 aliphatic heterocycles. The van der Waals surface area contributed by atoms with Gasteiger partial charge in [0.2, 0.25) is 0 Å². The Bertz CT molecular complexity index is 969. The van der Waals surface area contributed by atoms with Gasteiger partial charge in [-0.2, -0.15) is 17.4 Å². The van der Waals surface area contributed by atoms with Gasteiger partial charge in [0.15, 0.2) is 0 Å². The first-order chi connectivity index (χ1) is 16.2. The lowest BCUT2D eigenvalue weighted by molar-refractivity contribution is -0.0138. The minimum Gasteiger partial charge on any atom is -0.453 e. The molecule has 4 atom stereocenters. The first kappa shape index (κ1) is 25.3. The monoisotopic (exact) mass is 499 g/mol. The largest absolute Gasteiger partial charge is 0.453 e. The van der Waals surface area contributed by atoms with Crippen molar-refractivity contribution >= 4 is 16.3 Å². The molecular formula is C23H34FN3O6S. The van der Waals surface area contributed by atoms with Gasteiger partial charge in [0, 0.05) is 20.0 Å². The zero-order valence-corrected chi connectivity index (χ0v) is 20.7. The molecule has 0 radical (unpaired) electrons. The molecule has 4 rings (SSSR count). The van der Waals surface area contributed by atoms with Crippen LogP contribution in [0.5, 0.6) is 0 Å². The van der Waals surface area contributed by atoms with E-state index < -0.39 is 28.4 Å². The highest BCUT2D eigenvalue weighted by Gasteiger charge is 2.55. The number of carbonyl (C=O) groups is 1. The predicted octanol–water partition coefficient (Wildman–Crippen LogP) is 2.10. The molecule has 1 aromatic rings. The van der Waals surface area contributed by atoms with E-state index in [0.717, 1.165) is 35.6 Å². The van der Waals surface area contributed by atoms with Crippen LogP contribution in [0.25, 0.3) is 0 Å². The fourth-order valence-electron chi connectivity index (χ4n) is 5.45. The molecule has 2 saturated heterocycles. The van der Waals surface area contributed by atoms with Crippen LogP contribution in [0, 0.1) is 11.7 Å². The maximum atomic E-state index is 13.6. The fraction of sp³-hybridized carbons (Fsp3) is 0.696. The number of carbonyl (C=O) groups excluding carboxylic acids is 1. The van der Waals surface area contributed by atoms with Crippen molar-refractivity contribution in [2.24, 2.45) is 5.92 Å². The summed E-state index contributed by atoms with van der Waals surface area (Å²) in [7, 11) is 0.502. The third-order valence-corrected chi connectivity index (χ3v) is 8.86. The van der Waals surface area contributed by atoms with E-state index in [2.05, 4.69) is 4.72 Å². The smallest absolute Gasteiger partial charge is 0.410 e. The van der Waals surface area contributed by atoms with Crippen molar-refractivity contribution in [3.8, 4) is 0 Å². The summed E-state index contributed by atoms with van der Waals surface area (Å²) in [6.07, 6.45) is 2.87. The molecule has 2 heterocycles. The maximum absolute atomic E-state index is 13.6. The Balaban J connectivity index is 1.44. The number of amides is 1. The minimum atomic E-state index is -3.73. The van der Waals surface area contributed by atoms with Crippen LogP contribution in [0.1, 0.15) is 37.2 Å². The van der Waals surface area contributed by atoms with Crippen LogP contribution < -0.4 is 4.72 Å².